The van der Waals surface area contributed by atoms with Crippen molar-refractivity contribution in [3.05, 3.63) is 29.8 Å². The van der Waals surface area contributed by atoms with Crippen LogP contribution in [-0.2, 0) is 10.0 Å². The fraction of sp³-hybridized carbons (Fsp3) is 0.588. The normalized spacial score (nSPS) is 21.8. The van der Waals surface area contributed by atoms with Crippen LogP contribution in [0.2, 0.25) is 0 Å². The van der Waals surface area contributed by atoms with Gasteiger partial charge in [0, 0.05) is 31.2 Å². The van der Waals surface area contributed by atoms with E-state index in [0.29, 0.717) is 24.2 Å². The molecule has 7 heteroatoms. The molecule has 2 aliphatic heterocycles. The number of piperidine rings is 1. The standard InChI is InChI=1S/C17H25N3O3S/c1-2-19-11-8-15(9-12-19)18-17(21)14-4-6-16(7-5-14)20-10-3-13-24(20,22)23/h4-7,15H,2-3,8-13H2,1H3,(H,18,21). The molecule has 2 saturated heterocycles. The number of carbonyl (C=O) groups is 1. The number of hydrogen-bond acceptors (Lipinski definition) is 4. The number of hydrogen-bond donors (Lipinski definition) is 1. The van der Waals surface area contributed by atoms with Crippen LogP contribution in [0.25, 0.3) is 0 Å². The van der Waals surface area contributed by atoms with Crippen LogP contribution in [0.5, 0.6) is 0 Å². The Hall–Kier alpha value is -1.60. The van der Waals surface area contributed by atoms with Crippen LogP contribution in [-0.4, -0.2) is 57.2 Å². The van der Waals surface area contributed by atoms with Crippen molar-refractivity contribution in [1.29, 1.82) is 0 Å². The van der Waals surface area contributed by atoms with Gasteiger partial charge in [-0.2, -0.15) is 0 Å². The third kappa shape index (κ3) is 3.72. The molecule has 0 aliphatic carbocycles. The van der Waals surface area contributed by atoms with Gasteiger partial charge in [-0.3, -0.25) is 9.10 Å². The van der Waals surface area contributed by atoms with Gasteiger partial charge in [0.05, 0.1) is 11.4 Å². The molecule has 0 spiro atoms. The summed E-state index contributed by atoms with van der Waals surface area (Å²) in [6.45, 7) is 5.77. The molecule has 2 fully saturated rings. The first-order valence-electron chi connectivity index (χ1n) is 8.63. The highest BCUT2D eigenvalue weighted by Crippen LogP contribution is 2.24. The summed E-state index contributed by atoms with van der Waals surface area (Å²) in [4.78, 5) is 14.8. The van der Waals surface area contributed by atoms with Crippen LogP contribution in [0, 0.1) is 0 Å². The molecule has 0 atom stereocenters. The van der Waals surface area contributed by atoms with Gasteiger partial charge < -0.3 is 10.2 Å². The minimum Gasteiger partial charge on any atom is -0.349 e. The van der Waals surface area contributed by atoms with Crippen molar-refractivity contribution in [3.8, 4) is 0 Å². The number of likely N-dealkylation sites (tertiary alicyclic amines) is 1. The maximum atomic E-state index is 12.4. The van der Waals surface area contributed by atoms with E-state index in [2.05, 4.69) is 17.1 Å². The van der Waals surface area contributed by atoms with E-state index < -0.39 is 10.0 Å². The first kappa shape index (κ1) is 17.2. The van der Waals surface area contributed by atoms with Crippen LogP contribution >= 0.6 is 0 Å². The largest absolute Gasteiger partial charge is 0.349 e. The predicted molar refractivity (Wildman–Crippen MR) is 94.8 cm³/mol. The van der Waals surface area contributed by atoms with Crippen LogP contribution < -0.4 is 9.62 Å². The average molecular weight is 351 g/mol. The van der Waals surface area contributed by atoms with Crippen LogP contribution in [0.4, 0.5) is 5.69 Å². The summed E-state index contributed by atoms with van der Waals surface area (Å²) in [5, 5.41) is 3.09. The number of nitrogens with one attached hydrogen (secondary N) is 1. The third-order valence-electron chi connectivity index (χ3n) is 4.89. The molecule has 6 nitrogen and oxygen atoms in total. The molecule has 2 aliphatic rings. The third-order valence-corrected chi connectivity index (χ3v) is 6.76. The Kier molecular flexibility index (Phi) is 5.10. The fourth-order valence-electron chi connectivity index (χ4n) is 3.37. The zero-order chi connectivity index (χ0) is 17.2. The lowest BCUT2D eigenvalue weighted by atomic mass is 10.0. The highest BCUT2D eigenvalue weighted by Gasteiger charge is 2.28. The molecule has 1 aromatic rings. The lowest BCUT2D eigenvalue weighted by molar-refractivity contribution is 0.0912. The van der Waals surface area contributed by atoms with E-state index in [4.69, 9.17) is 0 Å². The van der Waals surface area contributed by atoms with E-state index in [-0.39, 0.29) is 17.7 Å². The number of sulfonamides is 1. The molecule has 1 N–H and O–H groups in total. The minimum absolute atomic E-state index is 0.0826. The molecule has 24 heavy (non-hydrogen) atoms. The van der Waals surface area contributed by atoms with Crippen molar-refractivity contribution in [2.24, 2.45) is 0 Å². The number of carbonyl (C=O) groups excluding carboxylic acids is 1. The second-order valence-electron chi connectivity index (χ2n) is 6.47. The number of rotatable bonds is 4. The summed E-state index contributed by atoms with van der Waals surface area (Å²) < 4.78 is 25.3. The number of anilines is 1. The van der Waals surface area contributed by atoms with Gasteiger partial charge in [0.15, 0.2) is 0 Å². The molecule has 0 bridgehead atoms. The Morgan fingerprint density at radius 3 is 2.38 bits per heavy atom. The monoisotopic (exact) mass is 351 g/mol. The van der Waals surface area contributed by atoms with Crippen LogP contribution in [0.15, 0.2) is 24.3 Å². The van der Waals surface area contributed by atoms with E-state index in [1.54, 1.807) is 24.3 Å². The zero-order valence-electron chi connectivity index (χ0n) is 14.1. The molecule has 2 heterocycles. The van der Waals surface area contributed by atoms with Crippen molar-refractivity contribution >= 4 is 21.6 Å². The van der Waals surface area contributed by atoms with E-state index in [1.165, 1.54) is 4.31 Å². The van der Waals surface area contributed by atoms with Crippen molar-refractivity contribution in [3.63, 3.8) is 0 Å². The highest BCUT2D eigenvalue weighted by molar-refractivity contribution is 7.93. The lowest BCUT2D eigenvalue weighted by Gasteiger charge is -2.31. The summed E-state index contributed by atoms with van der Waals surface area (Å²) in [5.74, 6) is 0.117. The molecular weight excluding hydrogens is 326 g/mol. The number of nitrogens with zero attached hydrogens (tertiary/aromatic N) is 2. The average Bonchev–Trinajstić information content (AvgIpc) is 2.95. The van der Waals surface area contributed by atoms with Gasteiger partial charge in [0.2, 0.25) is 10.0 Å². The molecule has 1 aromatic carbocycles. The van der Waals surface area contributed by atoms with E-state index in [1.807, 2.05) is 0 Å². The van der Waals surface area contributed by atoms with Crippen molar-refractivity contribution in [2.45, 2.75) is 32.2 Å². The summed E-state index contributed by atoms with van der Waals surface area (Å²) in [5.41, 5.74) is 1.22. The summed E-state index contributed by atoms with van der Waals surface area (Å²) in [7, 11) is -3.18. The number of benzene rings is 1. The number of amides is 1. The molecule has 0 saturated carbocycles. The van der Waals surface area contributed by atoms with Crippen LogP contribution in [0.3, 0.4) is 0 Å². The Balaban J connectivity index is 1.60. The van der Waals surface area contributed by atoms with E-state index in [0.717, 1.165) is 32.5 Å². The molecular formula is C17H25N3O3S. The van der Waals surface area contributed by atoms with Gasteiger partial charge in [-0.05, 0) is 50.1 Å². The topological polar surface area (TPSA) is 69.7 Å². The Bertz CT molecular complexity index is 680. The summed E-state index contributed by atoms with van der Waals surface area (Å²) in [6, 6.07) is 7.08. The van der Waals surface area contributed by atoms with Gasteiger partial charge in [-0.15, -0.1) is 0 Å². The van der Waals surface area contributed by atoms with Gasteiger partial charge >= 0.3 is 0 Å². The molecule has 0 aromatic heterocycles. The van der Waals surface area contributed by atoms with Gasteiger partial charge in [0.25, 0.3) is 5.91 Å². The first-order valence-corrected chi connectivity index (χ1v) is 10.2. The fourth-order valence-corrected chi connectivity index (χ4v) is 4.94. The second kappa shape index (κ2) is 7.11. The Morgan fingerprint density at radius 1 is 1.17 bits per heavy atom. The van der Waals surface area contributed by atoms with Crippen molar-refractivity contribution in [1.82, 2.24) is 10.2 Å². The van der Waals surface area contributed by atoms with Gasteiger partial charge in [-0.25, -0.2) is 8.42 Å². The highest BCUT2D eigenvalue weighted by atomic mass is 32.2. The van der Waals surface area contributed by atoms with Gasteiger partial charge in [-0.1, -0.05) is 6.92 Å². The molecule has 1 amide bonds. The maximum Gasteiger partial charge on any atom is 0.251 e. The molecule has 0 radical (unpaired) electrons. The predicted octanol–water partition coefficient (Wildman–Crippen LogP) is 1.44. The SMILES string of the molecule is CCN1CCC(NC(=O)c2ccc(N3CCCS3(=O)=O)cc2)CC1. The maximum absolute atomic E-state index is 12.4. The van der Waals surface area contributed by atoms with Crippen LogP contribution in [0.1, 0.15) is 36.5 Å². The smallest absolute Gasteiger partial charge is 0.251 e. The molecule has 0 unspecified atom stereocenters. The second-order valence-corrected chi connectivity index (χ2v) is 8.48. The van der Waals surface area contributed by atoms with E-state index >= 15 is 0 Å². The molecule has 3 rings (SSSR count). The quantitative estimate of drug-likeness (QED) is 0.891. The summed E-state index contributed by atoms with van der Waals surface area (Å²) in [6.07, 6.45) is 2.61. The Morgan fingerprint density at radius 2 is 1.83 bits per heavy atom. The minimum atomic E-state index is -3.18. The zero-order valence-corrected chi connectivity index (χ0v) is 14.9. The molecule has 132 valence electrons. The summed E-state index contributed by atoms with van der Waals surface area (Å²) >= 11 is 0. The first-order chi connectivity index (χ1) is 11.5. The van der Waals surface area contributed by atoms with E-state index in [9.17, 15) is 13.2 Å². The lowest BCUT2D eigenvalue weighted by Crippen LogP contribution is -2.44. The van der Waals surface area contributed by atoms with Crippen molar-refractivity contribution < 1.29 is 13.2 Å². The van der Waals surface area contributed by atoms with Gasteiger partial charge in [0.1, 0.15) is 0 Å². The van der Waals surface area contributed by atoms with Crippen molar-refractivity contribution in [2.75, 3.05) is 36.2 Å². The Labute approximate surface area is 143 Å².